The van der Waals surface area contributed by atoms with E-state index in [0.717, 1.165) is 34.5 Å². The molecule has 0 spiro atoms. The number of esters is 1. The Morgan fingerprint density at radius 3 is 2.65 bits per heavy atom. The second-order valence-corrected chi connectivity index (χ2v) is 8.20. The molecular formula is C20H26N2O3S. The molecule has 3 rings (SSSR count). The molecule has 6 heteroatoms. The van der Waals surface area contributed by atoms with E-state index in [4.69, 9.17) is 4.74 Å². The molecule has 1 aliphatic heterocycles. The predicted octanol–water partition coefficient (Wildman–Crippen LogP) is 3.95. The third-order valence-corrected chi connectivity index (χ3v) is 6.08. The zero-order chi connectivity index (χ0) is 18.7. The fourth-order valence-electron chi connectivity index (χ4n) is 3.61. The van der Waals surface area contributed by atoms with Gasteiger partial charge in [0.05, 0.1) is 21.6 Å². The lowest BCUT2D eigenvalue weighted by molar-refractivity contribution is -0.162. The summed E-state index contributed by atoms with van der Waals surface area (Å²) in [6, 6.07) is 8.33. The van der Waals surface area contributed by atoms with Crippen molar-refractivity contribution in [3.8, 4) is 0 Å². The molecule has 1 fully saturated rings. The van der Waals surface area contributed by atoms with Crippen LogP contribution < -0.4 is 0 Å². The van der Waals surface area contributed by atoms with Crippen LogP contribution in [0, 0.1) is 0 Å². The zero-order valence-electron chi connectivity index (χ0n) is 15.6. The van der Waals surface area contributed by atoms with Gasteiger partial charge in [-0.05, 0) is 52.2 Å². The summed E-state index contributed by atoms with van der Waals surface area (Å²) in [7, 11) is 0. The van der Waals surface area contributed by atoms with Gasteiger partial charge >= 0.3 is 5.97 Å². The minimum absolute atomic E-state index is 0.0852. The Balaban J connectivity index is 1.52. The molecule has 1 aromatic heterocycles. The summed E-state index contributed by atoms with van der Waals surface area (Å²) in [6.07, 6.45) is 3.20. The van der Waals surface area contributed by atoms with Gasteiger partial charge < -0.3 is 9.64 Å². The smallest absolute Gasteiger partial charge is 0.306 e. The molecule has 5 nitrogen and oxygen atoms in total. The Hall–Kier alpha value is -1.95. The lowest BCUT2D eigenvalue weighted by Gasteiger charge is -2.40. The standard InChI is InChI=1S/C20H26N2O3S/c1-13-7-6-8-14(2)22(13)20(24)15(3)25-19(23)12-11-18-21-16-9-4-5-10-17(16)26-18/h4-5,9-10,13-15H,6-8,11-12H2,1-3H3/t13-,14-,15+/m0/s1. The zero-order valence-corrected chi connectivity index (χ0v) is 16.4. The van der Waals surface area contributed by atoms with E-state index in [2.05, 4.69) is 18.8 Å². The van der Waals surface area contributed by atoms with Crippen LogP contribution in [-0.4, -0.2) is 39.9 Å². The van der Waals surface area contributed by atoms with Crippen molar-refractivity contribution in [2.75, 3.05) is 0 Å². The number of rotatable bonds is 5. The normalized spacial score (nSPS) is 21.6. The fraction of sp³-hybridized carbons (Fsp3) is 0.550. The summed E-state index contributed by atoms with van der Waals surface area (Å²) in [5, 5.41) is 0.917. The van der Waals surface area contributed by atoms with Gasteiger partial charge in [0.1, 0.15) is 0 Å². The number of carbonyl (C=O) groups is 2. The molecule has 2 aromatic rings. The number of carbonyl (C=O) groups excluding carboxylic acids is 2. The number of para-hydroxylation sites is 1. The van der Waals surface area contributed by atoms with Crippen molar-refractivity contribution in [2.24, 2.45) is 0 Å². The number of nitrogens with zero attached hydrogens (tertiary/aromatic N) is 2. The lowest BCUT2D eigenvalue weighted by atomic mass is 9.97. The number of thiazole rings is 1. The number of likely N-dealkylation sites (tertiary alicyclic amines) is 1. The molecule has 1 amide bonds. The van der Waals surface area contributed by atoms with Crippen molar-refractivity contribution in [3.63, 3.8) is 0 Å². The lowest BCUT2D eigenvalue weighted by Crippen LogP contribution is -2.51. The molecule has 26 heavy (non-hydrogen) atoms. The molecule has 3 atom stereocenters. The van der Waals surface area contributed by atoms with Crippen LogP contribution >= 0.6 is 11.3 Å². The van der Waals surface area contributed by atoms with E-state index in [1.54, 1.807) is 18.3 Å². The van der Waals surface area contributed by atoms with Gasteiger partial charge in [-0.1, -0.05) is 12.1 Å². The summed E-state index contributed by atoms with van der Waals surface area (Å²) < 4.78 is 6.52. The van der Waals surface area contributed by atoms with E-state index in [1.165, 1.54) is 0 Å². The number of amides is 1. The van der Waals surface area contributed by atoms with Crippen molar-refractivity contribution >= 4 is 33.4 Å². The van der Waals surface area contributed by atoms with Gasteiger partial charge in [-0.25, -0.2) is 4.98 Å². The van der Waals surface area contributed by atoms with Gasteiger partial charge in [-0.15, -0.1) is 11.3 Å². The number of piperidine rings is 1. The van der Waals surface area contributed by atoms with Gasteiger partial charge in [0, 0.05) is 18.5 Å². The number of benzene rings is 1. The van der Waals surface area contributed by atoms with Crippen LogP contribution in [0.5, 0.6) is 0 Å². The highest BCUT2D eigenvalue weighted by Crippen LogP contribution is 2.24. The number of aryl methyl sites for hydroxylation is 1. The Morgan fingerprint density at radius 2 is 1.96 bits per heavy atom. The molecular weight excluding hydrogens is 348 g/mol. The molecule has 0 saturated carbocycles. The quantitative estimate of drug-likeness (QED) is 0.744. The number of aromatic nitrogens is 1. The van der Waals surface area contributed by atoms with Crippen molar-refractivity contribution in [2.45, 2.75) is 71.1 Å². The van der Waals surface area contributed by atoms with Crippen molar-refractivity contribution in [1.29, 1.82) is 0 Å². The average Bonchev–Trinajstić information content (AvgIpc) is 3.02. The SMILES string of the molecule is C[C@@H](OC(=O)CCc1nc2ccccc2s1)C(=O)N1[C@@H](C)CCC[C@@H]1C. The third kappa shape index (κ3) is 4.23. The average molecular weight is 375 g/mol. The van der Waals surface area contributed by atoms with Crippen LogP contribution in [0.25, 0.3) is 10.2 Å². The highest BCUT2D eigenvalue weighted by molar-refractivity contribution is 7.18. The van der Waals surface area contributed by atoms with Gasteiger partial charge in [-0.2, -0.15) is 0 Å². The summed E-state index contributed by atoms with van der Waals surface area (Å²) in [5.74, 6) is -0.430. The summed E-state index contributed by atoms with van der Waals surface area (Å²) >= 11 is 1.59. The van der Waals surface area contributed by atoms with Crippen LogP contribution in [0.15, 0.2) is 24.3 Å². The Bertz CT molecular complexity index is 745. The van der Waals surface area contributed by atoms with Gasteiger partial charge in [0.25, 0.3) is 5.91 Å². The van der Waals surface area contributed by atoms with Crippen molar-refractivity contribution in [1.82, 2.24) is 9.88 Å². The Morgan fingerprint density at radius 1 is 1.27 bits per heavy atom. The molecule has 0 radical (unpaired) electrons. The molecule has 140 valence electrons. The molecule has 0 bridgehead atoms. The first-order valence-corrected chi connectivity index (χ1v) is 10.1. The van der Waals surface area contributed by atoms with Gasteiger partial charge in [0.15, 0.2) is 6.10 Å². The minimum atomic E-state index is -0.735. The van der Waals surface area contributed by atoms with E-state index >= 15 is 0 Å². The van der Waals surface area contributed by atoms with Crippen LogP contribution in [-0.2, 0) is 20.7 Å². The number of fused-ring (bicyclic) bond motifs is 1. The Labute approximate surface area is 158 Å². The molecule has 0 unspecified atom stereocenters. The number of ether oxygens (including phenoxy) is 1. The topological polar surface area (TPSA) is 59.5 Å². The first-order chi connectivity index (χ1) is 12.5. The molecule has 2 heterocycles. The number of hydrogen-bond acceptors (Lipinski definition) is 5. The molecule has 1 saturated heterocycles. The van der Waals surface area contributed by atoms with Crippen LogP contribution in [0.4, 0.5) is 0 Å². The van der Waals surface area contributed by atoms with E-state index in [1.807, 2.05) is 29.2 Å². The molecule has 1 aliphatic rings. The van der Waals surface area contributed by atoms with Crippen molar-refractivity contribution < 1.29 is 14.3 Å². The van der Waals surface area contributed by atoms with E-state index in [-0.39, 0.29) is 30.4 Å². The fourth-order valence-corrected chi connectivity index (χ4v) is 4.57. The van der Waals surface area contributed by atoms with Crippen LogP contribution in [0.1, 0.15) is 51.5 Å². The minimum Gasteiger partial charge on any atom is -0.453 e. The van der Waals surface area contributed by atoms with Gasteiger partial charge in [-0.3, -0.25) is 9.59 Å². The van der Waals surface area contributed by atoms with Crippen LogP contribution in [0.3, 0.4) is 0 Å². The molecule has 1 aromatic carbocycles. The monoisotopic (exact) mass is 374 g/mol. The van der Waals surface area contributed by atoms with E-state index in [9.17, 15) is 9.59 Å². The van der Waals surface area contributed by atoms with E-state index < -0.39 is 6.10 Å². The maximum atomic E-state index is 12.7. The second-order valence-electron chi connectivity index (χ2n) is 7.08. The largest absolute Gasteiger partial charge is 0.453 e. The second kappa shape index (κ2) is 8.16. The number of hydrogen-bond donors (Lipinski definition) is 0. The predicted molar refractivity (Wildman–Crippen MR) is 103 cm³/mol. The summed E-state index contributed by atoms with van der Waals surface area (Å²) in [6.45, 7) is 5.80. The first-order valence-electron chi connectivity index (χ1n) is 9.32. The molecule has 0 aliphatic carbocycles. The highest BCUT2D eigenvalue weighted by atomic mass is 32.1. The maximum absolute atomic E-state index is 12.7. The van der Waals surface area contributed by atoms with E-state index in [0.29, 0.717) is 6.42 Å². The van der Waals surface area contributed by atoms with Crippen LogP contribution in [0.2, 0.25) is 0 Å². The highest BCUT2D eigenvalue weighted by Gasteiger charge is 2.33. The maximum Gasteiger partial charge on any atom is 0.306 e. The molecule has 0 N–H and O–H groups in total. The van der Waals surface area contributed by atoms with Gasteiger partial charge in [0.2, 0.25) is 0 Å². The summed E-state index contributed by atoms with van der Waals surface area (Å²) in [5.41, 5.74) is 0.956. The Kier molecular flexibility index (Phi) is 5.91. The van der Waals surface area contributed by atoms with Crippen molar-refractivity contribution in [3.05, 3.63) is 29.3 Å². The third-order valence-electron chi connectivity index (χ3n) is 4.99. The summed E-state index contributed by atoms with van der Waals surface area (Å²) in [4.78, 5) is 31.3. The first kappa shape index (κ1) is 18.8.